The zero-order valence-corrected chi connectivity index (χ0v) is 19.8. The van der Waals surface area contributed by atoms with Crippen molar-refractivity contribution >= 4 is 17.5 Å². The van der Waals surface area contributed by atoms with Crippen LogP contribution in [0.3, 0.4) is 0 Å². The molecule has 0 radical (unpaired) electrons. The van der Waals surface area contributed by atoms with Crippen LogP contribution in [0.2, 0.25) is 0 Å². The van der Waals surface area contributed by atoms with Gasteiger partial charge in [-0.3, -0.25) is 9.59 Å². The fourth-order valence-corrected chi connectivity index (χ4v) is 4.27. The molecule has 0 bridgehead atoms. The summed E-state index contributed by atoms with van der Waals surface area (Å²) in [5, 5.41) is 8.86. The van der Waals surface area contributed by atoms with Crippen LogP contribution in [0.4, 0.5) is 0 Å². The molecule has 2 aromatic carbocycles. The van der Waals surface area contributed by atoms with E-state index in [0.29, 0.717) is 42.7 Å². The Morgan fingerprint density at radius 1 is 0.857 bits per heavy atom. The van der Waals surface area contributed by atoms with Crippen LogP contribution in [0.5, 0.6) is 11.5 Å². The van der Waals surface area contributed by atoms with Gasteiger partial charge in [0.05, 0.1) is 18.8 Å². The number of carboxylic acid groups (broad SMARTS) is 1. The second-order valence-electron chi connectivity index (χ2n) is 9.25. The van der Waals surface area contributed by atoms with Crippen LogP contribution in [0, 0.1) is 18.8 Å². The van der Waals surface area contributed by atoms with E-state index in [4.69, 9.17) is 14.6 Å². The smallest absolute Gasteiger partial charge is 0.335 e. The van der Waals surface area contributed by atoms with Gasteiger partial charge >= 0.3 is 5.97 Å². The van der Waals surface area contributed by atoms with Crippen molar-refractivity contribution in [2.24, 2.45) is 11.8 Å². The van der Waals surface area contributed by atoms with Crippen LogP contribution in [0.25, 0.3) is 0 Å². The van der Waals surface area contributed by atoms with Gasteiger partial charge in [-0.1, -0.05) is 25.6 Å². The number of aromatic carboxylic acids is 1. The van der Waals surface area contributed by atoms with Crippen molar-refractivity contribution in [1.82, 2.24) is 0 Å². The van der Waals surface area contributed by atoms with E-state index in [-0.39, 0.29) is 18.9 Å². The number of rotatable bonds is 7. The van der Waals surface area contributed by atoms with Crippen molar-refractivity contribution < 1.29 is 29.0 Å². The van der Waals surface area contributed by atoms with E-state index in [9.17, 15) is 14.4 Å². The molecule has 1 unspecified atom stereocenters. The fraction of sp³-hybridized carbons (Fsp3) is 0.483. The number of carbonyl (C=O) groups excluding carboxylic acids is 2. The summed E-state index contributed by atoms with van der Waals surface area (Å²) in [6.45, 7) is 3.29. The van der Waals surface area contributed by atoms with Crippen molar-refractivity contribution in [3.05, 3.63) is 59.7 Å². The van der Waals surface area contributed by atoms with Crippen molar-refractivity contribution in [2.45, 2.75) is 65.7 Å². The maximum atomic E-state index is 11.3. The van der Waals surface area contributed by atoms with Crippen LogP contribution < -0.4 is 9.47 Å². The van der Waals surface area contributed by atoms with E-state index in [2.05, 4.69) is 13.0 Å². The monoisotopic (exact) mass is 482 g/mol. The van der Waals surface area contributed by atoms with Gasteiger partial charge in [0.25, 0.3) is 0 Å². The average Bonchev–Trinajstić information content (AvgIpc) is 2.83. The van der Waals surface area contributed by atoms with E-state index in [1.54, 1.807) is 12.1 Å². The molecule has 0 heterocycles. The van der Waals surface area contributed by atoms with Gasteiger partial charge in [-0.25, -0.2) is 4.79 Å². The highest BCUT2D eigenvalue weighted by Gasteiger charge is 2.20. The first-order valence-corrected chi connectivity index (χ1v) is 12.1. The summed E-state index contributed by atoms with van der Waals surface area (Å²) in [6, 6.07) is 14.5. The third kappa shape index (κ3) is 9.93. The van der Waals surface area contributed by atoms with Crippen molar-refractivity contribution in [2.75, 3.05) is 13.2 Å². The van der Waals surface area contributed by atoms with Crippen molar-refractivity contribution in [3.8, 4) is 11.5 Å². The van der Waals surface area contributed by atoms with E-state index >= 15 is 0 Å². The summed E-state index contributed by atoms with van der Waals surface area (Å²) in [5.41, 5.74) is 1.43. The van der Waals surface area contributed by atoms with E-state index in [1.165, 1.54) is 17.7 Å². The summed E-state index contributed by atoms with van der Waals surface area (Å²) in [4.78, 5) is 33.2. The van der Waals surface area contributed by atoms with Gasteiger partial charge < -0.3 is 14.6 Å². The highest BCUT2D eigenvalue weighted by Crippen LogP contribution is 2.24. The summed E-state index contributed by atoms with van der Waals surface area (Å²) in [5.74, 6) is 2.05. The minimum absolute atomic E-state index is 0. The van der Waals surface area contributed by atoms with Crippen molar-refractivity contribution in [1.29, 1.82) is 0 Å². The van der Waals surface area contributed by atoms with Crippen LogP contribution in [-0.2, 0) is 9.59 Å². The zero-order valence-electron chi connectivity index (χ0n) is 19.8. The van der Waals surface area contributed by atoms with Gasteiger partial charge in [0, 0.05) is 25.7 Å². The quantitative estimate of drug-likeness (QED) is 0.499. The summed E-state index contributed by atoms with van der Waals surface area (Å²) in [6.07, 6.45) is 6.66. The number of Topliss-reactive ketones (excluding diaryl/α,β-unsaturated/α-hetero) is 2. The largest absolute Gasteiger partial charge is 0.493 e. The van der Waals surface area contributed by atoms with Crippen LogP contribution in [0.1, 0.15) is 74.7 Å². The Morgan fingerprint density at radius 3 is 2.11 bits per heavy atom. The molecule has 1 atom stereocenters. The van der Waals surface area contributed by atoms with Gasteiger partial charge in [0.2, 0.25) is 0 Å². The molecule has 6 nitrogen and oxygen atoms in total. The maximum absolute atomic E-state index is 11.3. The highest BCUT2D eigenvalue weighted by atomic mass is 16.5. The van der Waals surface area contributed by atoms with Crippen LogP contribution in [0.15, 0.2) is 48.5 Å². The Kier molecular flexibility index (Phi) is 11.5. The highest BCUT2D eigenvalue weighted by molar-refractivity contribution is 5.88. The number of aryl methyl sites for hydroxylation is 1. The van der Waals surface area contributed by atoms with Gasteiger partial charge in [-0.15, -0.1) is 0 Å². The molecule has 1 N–H and O–H groups in total. The van der Waals surface area contributed by atoms with E-state index < -0.39 is 5.97 Å². The second-order valence-corrected chi connectivity index (χ2v) is 9.25. The standard InChI is InChI=1S/C14H16O4.C14H18O2.CH4/c15-12-5-1-3-10(7-12)9-18-13-6-2-4-11(8-13)14(16)17;1-11-3-2-4-14(9-11)16-10-12-5-7-13(15)8-6-12;/h2,4,6,8,10H,1,3,5,7,9H2,(H,16,17);2-4,9,12H,5-8,10H2,1H3;1H4. The Hall–Kier alpha value is -3.15. The second kappa shape index (κ2) is 14.3. The zero-order chi connectivity index (χ0) is 24.3. The molecular weight excluding hydrogens is 444 g/mol. The predicted molar refractivity (Wildman–Crippen MR) is 136 cm³/mol. The summed E-state index contributed by atoms with van der Waals surface area (Å²) < 4.78 is 11.3. The molecule has 2 aliphatic rings. The molecule has 0 spiro atoms. The topological polar surface area (TPSA) is 89.9 Å². The Labute approximate surface area is 208 Å². The third-order valence-electron chi connectivity index (χ3n) is 6.29. The van der Waals surface area contributed by atoms with Crippen LogP contribution >= 0.6 is 0 Å². The maximum Gasteiger partial charge on any atom is 0.335 e. The number of ether oxygens (including phenoxy) is 2. The summed E-state index contributed by atoms with van der Waals surface area (Å²) >= 11 is 0. The lowest BCUT2D eigenvalue weighted by Gasteiger charge is -2.21. The SMILES string of the molecule is C.Cc1cccc(OCC2CCC(=O)CC2)c1.O=C1CCCC(COc2cccc(C(=O)O)c2)C1. The fourth-order valence-electron chi connectivity index (χ4n) is 4.27. The number of ketones is 2. The predicted octanol–water partition coefficient (Wildman–Crippen LogP) is 6.29. The molecular formula is C29H38O6. The Balaban J connectivity index is 0.000000241. The third-order valence-corrected chi connectivity index (χ3v) is 6.29. The first-order valence-electron chi connectivity index (χ1n) is 12.1. The molecule has 0 saturated heterocycles. The number of carboxylic acids is 1. The lowest BCUT2D eigenvalue weighted by atomic mass is 9.89. The van der Waals surface area contributed by atoms with E-state index in [1.807, 2.05) is 18.2 Å². The molecule has 0 amide bonds. The first-order chi connectivity index (χ1) is 16.4. The van der Waals surface area contributed by atoms with Gasteiger partial charge in [-0.2, -0.15) is 0 Å². The average molecular weight is 483 g/mol. The molecule has 2 saturated carbocycles. The van der Waals surface area contributed by atoms with Gasteiger partial charge in [0.1, 0.15) is 23.1 Å². The van der Waals surface area contributed by atoms with E-state index in [0.717, 1.165) is 50.9 Å². The van der Waals surface area contributed by atoms with Crippen LogP contribution in [-0.4, -0.2) is 35.9 Å². The van der Waals surface area contributed by atoms with Gasteiger partial charge in [0.15, 0.2) is 0 Å². The first kappa shape index (κ1) is 28.1. The molecule has 2 aliphatic carbocycles. The van der Waals surface area contributed by atoms with Gasteiger partial charge in [-0.05, 0) is 80.3 Å². The molecule has 2 aromatic rings. The minimum atomic E-state index is -0.965. The van der Waals surface area contributed by atoms with Crippen molar-refractivity contribution in [3.63, 3.8) is 0 Å². The summed E-state index contributed by atoms with van der Waals surface area (Å²) in [7, 11) is 0. The number of carbonyl (C=O) groups is 3. The molecule has 190 valence electrons. The molecule has 35 heavy (non-hydrogen) atoms. The number of hydrogen-bond acceptors (Lipinski definition) is 5. The molecule has 0 aliphatic heterocycles. The molecule has 2 fully saturated rings. The normalized spacial score (nSPS) is 18.0. The Bertz CT molecular complexity index is 973. The lowest BCUT2D eigenvalue weighted by molar-refractivity contribution is -0.122. The minimum Gasteiger partial charge on any atom is -0.493 e. The Morgan fingerprint density at radius 2 is 1.49 bits per heavy atom. The molecule has 4 rings (SSSR count). The molecule has 0 aromatic heterocycles. The molecule has 6 heteroatoms. The lowest BCUT2D eigenvalue weighted by Crippen LogP contribution is -2.20. The number of benzene rings is 2. The number of hydrogen-bond donors (Lipinski definition) is 1.